The Labute approximate surface area is 140 Å². The van der Waals surface area contributed by atoms with Crippen LogP contribution in [0.25, 0.3) is 0 Å². The number of fused-ring (bicyclic) bond motifs is 1. The number of amides is 1. The van der Waals surface area contributed by atoms with Crippen LogP contribution in [0.1, 0.15) is 41.4 Å². The smallest absolute Gasteiger partial charge is 0.271 e. The molecule has 3 rings (SSSR count). The Morgan fingerprint density at radius 2 is 2.12 bits per heavy atom. The number of aromatic nitrogens is 2. The van der Waals surface area contributed by atoms with Crippen molar-refractivity contribution in [1.82, 2.24) is 15.1 Å². The molecule has 6 nitrogen and oxygen atoms in total. The van der Waals surface area contributed by atoms with Crippen LogP contribution >= 0.6 is 0 Å². The van der Waals surface area contributed by atoms with E-state index in [0.29, 0.717) is 13.0 Å². The van der Waals surface area contributed by atoms with Crippen molar-refractivity contribution in [1.29, 1.82) is 0 Å². The Bertz CT molecular complexity index is 815. The lowest BCUT2D eigenvalue weighted by Crippen LogP contribution is -2.43. The molecule has 2 N–H and O–H groups in total. The summed E-state index contributed by atoms with van der Waals surface area (Å²) >= 11 is 0. The Morgan fingerprint density at radius 1 is 1.33 bits per heavy atom. The molecule has 6 heteroatoms. The molecule has 1 heterocycles. The van der Waals surface area contributed by atoms with E-state index < -0.39 is 11.5 Å². The van der Waals surface area contributed by atoms with Crippen molar-refractivity contribution in [2.75, 3.05) is 6.54 Å². The van der Waals surface area contributed by atoms with Crippen LogP contribution in [0.5, 0.6) is 0 Å². The van der Waals surface area contributed by atoms with E-state index in [9.17, 15) is 14.7 Å². The average Bonchev–Trinajstić information content (AvgIpc) is 2.60. The van der Waals surface area contributed by atoms with Crippen molar-refractivity contribution in [2.45, 2.75) is 38.3 Å². The van der Waals surface area contributed by atoms with Crippen LogP contribution in [-0.4, -0.2) is 27.3 Å². The van der Waals surface area contributed by atoms with E-state index in [-0.39, 0.29) is 17.8 Å². The number of aryl methyl sites for hydroxylation is 2. The molecule has 0 fully saturated rings. The van der Waals surface area contributed by atoms with Crippen LogP contribution < -0.4 is 10.9 Å². The Kier molecular flexibility index (Phi) is 4.49. The number of carbonyl (C=O) groups is 1. The zero-order chi connectivity index (χ0) is 17.2. The first kappa shape index (κ1) is 16.4. The largest absolute Gasteiger partial charge is 0.383 e. The molecule has 1 atom stereocenters. The van der Waals surface area contributed by atoms with Gasteiger partial charge in [-0.15, -0.1) is 0 Å². The third-order valence-corrected chi connectivity index (χ3v) is 4.50. The van der Waals surface area contributed by atoms with Crippen molar-refractivity contribution in [3.8, 4) is 0 Å². The molecule has 0 aliphatic heterocycles. The summed E-state index contributed by atoms with van der Waals surface area (Å²) < 4.78 is 1.24. The van der Waals surface area contributed by atoms with Gasteiger partial charge < -0.3 is 10.4 Å². The zero-order valence-electron chi connectivity index (χ0n) is 13.7. The molecule has 24 heavy (non-hydrogen) atoms. The minimum Gasteiger partial charge on any atom is -0.383 e. The van der Waals surface area contributed by atoms with Crippen LogP contribution in [-0.2, 0) is 18.6 Å². The maximum Gasteiger partial charge on any atom is 0.271 e. The number of rotatable bonds is 4. The highest BCUT2D eigenvalue weighted by atomic mass is 16.3. The second-order valence-electron chi connectivity index (χ2n) is 6.10. The van der Waals surface area contributed by atoms with Crippen molar-refractivity contribution >= 4 is 5.91 Å². The lowest BCUT2D eigenvalue weighted by atomic mass is 9.79. The molecule has 1 aromatic heterocycles. The van der Waals surface area contributed by atoms with Gasteiger partial charge in [-0.1, -0.05) is 24.3 Å². The first-order chi connectivity index (χ1) is 11.5. The maximum atomic E-state index is 12.3. The molecule has 0 spiro atoms. The predicted octanol–water partition coefficient (Wildman–Crippen LogP) is 1.22. The Hall–Kier alpha value is -2.47. The Morgan fingerprint density at radius 3 is 2.92 bits per heavy atom. The van der Waals surface area contributed by atoms with Gasteiger partial charge in [-0.05, 0) is 43.4 Å². The molecule has 1 aliphatic carbocycles. The summed E-state index contributed by atoms with van der Waals surface area (Å²) in [6, 6.07) is 10.5. The second-order valence-corrected chi connectivity index (χ2v) is 6.10. The minimum atomic E-state index is -1.07. The van der Waals surface area contributed by atoms with Gasteiger partial charge in [-0.25, -0.2) is 4.68 Å². The van der Waals surface area contributed by atoms with Crippen molar-refractivity contribution in [3.63, 3.8) is 0 Å². The Balaban J connectivity index is 1.76. The molecular weight excluding hydrogens is 306 g/mol. The molecule has 0 saturated carbocycles. The lowest BCUT2D eigenvalue weighted by Gasteiger charge is -2.34. The van der Waals surface area contributed by atoms with Gasteiger partial charge in [0.2, 0.25) is 0 Å². The molecule has 0 bridgehead atoms. The van der Waals surface area contributed by atoms with Gasteiger partial charge in [-0.3, -0.25) is 9.59 Å². The van der Waals surface area contributed by atoms with Crippen LogP contribution in [0.2, 0.25) is 0 Å². The fourth-order valence-corrected chi connectivity index (χ4v) is 3.20. The molecule has 126 valence electrons. The van der Waals surface area contributed by atoms with Crippen LogP contribution in [0.4, 0.5) is 0 Å². The molecule has 1 aromatic carbocycles. The summed E-state index contributed by atoms with van der Waals surface area (Å²) in [5, 5.41) is 17.8. The van der Waals surface area contributed by atoms with Crippen LogP contribution in [0, 0.1) is 0 Å². The van der Waals surface area contributed by atoms with Crippen LogP contribution in [0.3, 0.4) is 0 Å². The average molecular weight is 327 g/mol. The minimum absolute atomic E-state index is 0.121. The third-order valence-electron chi connectivity index (χ3n) is 4.50. The van der Waals surface area contributed by atoms with E-state index in [1.165, 1.54) is 16.8 Å². The standard InChI is InChI=1S/C18H21N3O3/c1-2-21-16(22)10-9-15(20-21)17(23)19-12-18(24)11-5-7-13-6-3-4-8-14(13)18/h3-4,6,8-10,24H,2,5,7,11-12H2,1H3,(H,19,23). The first-order valence-electron chi connectivity index (χ1n) is 8.20. The predicted molar refractivity (Wildman–Crippen MR) is 89.8 cm³/mol. The van der Waals surface area contributed by atoms with Gasteiger partial charge >= 0.3 is 0 Å². The molecule has 1 aliphatic rings. The summed E-state index contributed by atoms with van der Waals surface area (Å²) in [4.78, 5) is 23.9. The molecule has 0 saturated heterocycles. The third kappa shape index (κ3) is 3.10. The van der Waals surface area contributed by atoms with Gasteiger partial charge in [0.15, 0.2) is 0 Å². The highest BCUT2D eigenvalue weighted by Gasteiger charge is 2.34. The lowest BCUT2D eigenvalue weighted by molar-refractivity contribution is 0.0188. The molecule has 1 amide bonds. The summed E-state index contributed by atoms with van der Waals surface area (Å²) in [5.41, 5.74) is 0.864. The van der Waals surface area contributed by atoms with E-state index in [4.69, 9.17) is 0 Å². The van der Waals surface area contributed by atoms with Gasteiger partial charge in [-0.2, -0.15) is 5.10 Å². The van der Waals surface area contributed by atoms with Gasteiger partial charge in [0.25, 0.3) is 11.5 Å². The fourth-order valence-electron chi connectivity index (χ4n) is 3.20. The number of hydrogen-bond acceptors (Lipinski definition) is 4. The molecular formula is C18H21N3O3. The number of aliphatic hydroxyl groups is 1. The summed E-state index contributed by atoms with van der Waals surface area (Å²) in [6.07, 6.45) is 2.42. The summed E-state index contributed by atoms with van der Waals surface area (Å²) in [5.74, 6) is -0.395. The van der Waals surface area contributed by atoms with E-state index in [0.717, 1.165) is 24.0 Å². The van der Waals surface area contributed by atoms with E-state index in [1.807, 2.05) is 24.3 Å². The number of nitrogens with one attached hydrogen (secondary N) is 1. The van der Waals surface area contributed by atoms with Crippen molar-refractivity contribution in [2.24, 2.45) is 0 Å². The fraction of sp³-hybridized carbons (Fsp3) is 0.389. The number of hydrogen-bond donors (Lipinski definition) is 2. The van der Waals surface area contributed by atoms with Gasteiger partial charge in [0.05, 0.1) is 6.54 Å². The maximum absolute atomic E-state index is 12.3. The highest BCUT2D eigenvalue weighted by molar-refractivity contribution is 5.92. The van der Waals surface area contributed by atoms with E-state index in [1.54, 1.807) is 6.92 Å². The second kappa shape index (κ2) is 6.57. The monoisotopic (exact) mass is 327 g/mol. The number of carbonyl (C=O) groups excluding carboxylic acids is 1. The topological polar surface area (TPSA) is 84.2 Å². The molecule has 1 unspecified atom stereocenters. The summed E-state index contributed by atoms with van der Waals surface area (Å²) in [6.45, 7) is 2.31. The summed E-state index contributed by atoms with van der Waals surface area (Å²) in [7, 11) is 0. The van der Waals surface area contributed by atoms with E-state index in [2.05, 4.69) is 10.4 Å². The normalized spacial score (nSPS) is 19.6. The van der Waals surface area contributed by atoms with Crippen molar-refractivity contribution in [3.05, 3.63) is 63.6 Å². The molecule has 0 radical (unpaired) electrons. The SMILES string of the molecule is CCn1nc(C(=O)NCC2(O)CCCc3ccccc32)ccc1=O. The number of benzene rings is 1. The van der Waals surface area contributed by atoms with E-state index >= 15 is 0 Å². The molecule has 2 aromatic rings. The van der Waals surface area contributed by atoms with Crippen LogP contribution in [0.15, 0.2) is 41.2 Å². The first-order valence-corrected chi connectivity index (χ1v) is 8.20. The van der Waals surface area contributed by atoms with Gasteiger partial charge in [0.1, 0.15) is 11.3 Å². The highest BCUT2D eigenvalue weighted by Crippen LogP contribution is 2.34. The quantitative estimate of drug-likeness (QED) is 0.884. The number of nitrogens with zero attached hydrogens (tertiary/aromatic N) is 2. The van der Waals surface area contributed by atoms with Crippen molar-refractivity contribution < 1.29 is 9.90 Å². The van der Waals surface area contributed by atoms with Gasteiger partial charge in [0, 0.05) is 12.6 Å². The zero-order valence-corrected chi connectivity index (χ0v) is 13.7.